The van der Waals surface area contributed by atoms with Crippen molar-refractivity contribution < 1.29 is 28.6 Å². The number of carbonyl (C=O) groups excluding carboxylic acids is 3. The molecule has 462 valence electrons. The number of carbonyl (C=O) groups is 3. The lowest BCUT2D eigenvalue weighted by atomic mass is 10.0. The minimum atomic E-state index is -0.779. The quantitative estimate of drug-likeness (QED) is 0.0261. The van der Waals surface area contributed by atoms with E-state index in [-0.39, 0.29) is 31.1 Å². The molecule has 0 aliphatic rings. The highest BCUT2D eigenvalue weighted by Gasteiger charge is 2.19. The Morgan fingerprint density at radius 2 is 0.487 bits per heavy atom. The molecule has 0 N–H and O–H groups in total. The van der Waals surface area contributed by atoms with Crippen LogP contribution in [0, 0.1) is 0 Å². The molecule has 0 heterocycles. The molecule has 0 spiro atoms. The van der Waals surface area contributed by atoms with Gasteiger partial charge in [-0.3, -0.25) is 14.4 Å². The molecule has 6 nitrogen and oxygen atoms in total. The van der Waals surface area contributed by atoms with Gasteiger partial charge in [0.25, 0.3) is 0 Å². The van der Waals surface area contributed by atoms with Crippen molar-refractivity contribution in [3.63, 3.8) is 0 Å². The number of hydrogen-bond acceptors (Lipinski definition) is 6. The third kappa shape index (κ3) is 65.4. The summed E-state index contributed by atoms with van der Waals surface area (Å²) >= 11 is 0. The standard InChI is InChI=1S/C74H130O6/c1-4-7-10-13-16-19-22-25-27-29-31-32-33-34-35-36-37-38-39-40-41-42-43-45-46-49-52-55-58-61-64-67-73(76)79-70-71(69-78-72(75)66-63-60-57-54-51-48-24-21-18-15-12-9-6-3)80-74(77)68-65-62-59-56-53-50-47-44-30-28-26-23-20-17-14-11-8-5-2/h7,10,16,19-20,23,25,27-28,30-32,34-35,71H,4-6,8-9,11-15,17-18,21-22,24,26,29,33,36-70H2,1-3H3/b10-7-,19-16-,23-20-,27-25-,30-28-,32-31-,35-34-. The van der Waals surface area contributed by atoms with Crippen molar-refractivity contribution in [2.24, 2.45) is 0 Å². The highest BCUT2D eigenvalue weighted by Crippen LogP contribution is 2.17. The van der Waals surface area contributed by atoms with Crippen LogP contribution < -0.4 is 0 Å². The summed E-state index contributed by atoms with van der Waals surface area (Å²) in [6.07, 6.45) is 90.3. The first-order chi connectivity index (χ1) is 39.5. The second-order valence-electron chi connectivity index (χ2n) is 23.1. The molecule has 0 bridgehead atoms. The minimum absolute atomic E-state index is 0.0746. The van der Waals surface area contributed by atoms with Gasteiger partial charge in [0, 0.05) is 19.3 Å². The van der Waals surface area contributed by atoms with Crippen LogP contribution in [0.3, 0.4) is 0 Å². The van der Waals surface area contributed by atoms with E-state index in [2.05, 4.69) is 106 Å². The Bertz CT molecular complexity index is 1520. The van der Waals surface area contributed by atoms with Gasteiger partial charge in [-0.2, -0.15) is 0 Å². The maximum atomic E-state index is 12.9. The third-order valence-electron chi connectivity index (χ3n) is 15.1. The Labute approximate surface area is 496 Å². The van der Waals surface area contributed by atoms with Gasteiger partial charge in [-0.15, -0.1) is 0 Å². The van der Waals surface area contributed by atoms with E-state index in [0.717, 1.165) is 103 Å². The van der Waals surface area contributed by atoms with Crippen LogP contribution in [-0.2, 0) is 28.6 Å². The summed E-state index contributed by atoms with van der Waals surface area (Å²) in [6, 6.07) is 0. The van der Waals surface area contributed by atoms with Crippen molar-refractivity contribution in [1.29, 1.82) is 0 Å². The fourth-order valence-electron chi connectivity index (χ4n) is 9.97. The van der Waals surface area contributed by atoms with Gasteiger partial charge in [-0.05, 0) is 96.3 Å². The number of rotatable bonds is 63. The number of unbranched alkanes of at least 4 members (excludes halogenated alkanes) is 38. The summed E-state index contributed by atoms with van der Waals surface area (Å²) in [5.74, 6) is -0.864. The summed E-state index contributed by atoms with van der Waals surface area (Å²) in [5, 5.41) is 0. The zero-order valence-electron chi connectivity index (χ0n) is 53.1. The second kappa shape index (κ2) is 68.1. The number of esters is 3. The average molecular weight is 1120 g/mol. The molecular weight excluding hydrogens is 985 g/mol. The van der Waals surface area contributed by atoms with Crippen molar-refractivity contribution in [3.05, 3.63) is 85.1 Å². The van der Waals surface area contributed by atoms with Crippen LogP contribution in [0.25, 0.3) is 0 Å². The van der Waals surface area contributed by atoms with Gasteiger partial charge in [0.05, 0.1) is 0 Å². The monoisotopic (exact) mass is 1110 g/mol. The van der Waals surface area contributed by atoms with Crippen LogP contribution in [-0.4, -0.2) is 37.2 Å². The van der Waals surface area contributed by atoms with Crippen LogP contribution >= 0.6 is 0 Å². The summed E-state index contributed by atoms with van der Waals surface area (Å²) in [4.78, 5) is 38.4. The lowest BCUT2D eigenvalue weighted by Gasteiger charge is -2.18. The Hall–Kier alpha value is -3.41. The number of hydrogen-bond donors (Lipinski definition) is 0. The fourth-order valence-corrected chi connectivity index (χ4v) is 9.97. The predicted octanol–water partition coefficient (Wildman–Crippen LogP) is 23.8. The molecule has 0 saturated heterocycles. The summed E-state index contributed by atoms with van der Waals surface area (Å²) < 4.78 is 17.0. The van der Waals surface area contributed by atoms with Crippen LogP contribution in [0.4, 0.5) is 0 Å². The molecule has 0 fully saturated rings. The van der Waals surface area contributed by atoms with E-state index in [1.807, 2.05) is 0 Å². The molecule has 0 aromatic heterocycles. The Morgan fingerprint density at radius 1 is 0.263 bits per heavy atom. The molecule has 0 saturated carbocycles. The van der Waals surface area contributed by atoms with E-state index in [1.165, 1.54) is 205 Å². The molecule has 0 aromatic rings. The first kappa shape index (κ1) is 76.6. The lowest BCUT2D eigenvalue weighted by molar-refractivity contribution is -0.167. The highest BCUT2D eigenvalue weighted by atomic mass is 16.6. The molecule has 1 atom stereocenters. The van der Waals surface area contributed by atoms with Crippen LogP contribution in [0.15, 0.2) is 85.1 Å². The van der Waals surface area contributed by atoms with E-state index in [0.29, 0.717) is 19.3 Å². The van der Waals surface area contributed by atoms with Gasteiger partial charge < -0.3 is 14.2 Å². The minimum Gasteiger partial charge on any atom is -0.462 e. The van der Waals surface area contributed by atoms with E-state index >= 15 is 0 Å². The summed E-state index contributed by atoms with van der Waals surface area (Å²) in [7, 11) is 0. The molecule has 0 aromatic carbocycles. The van der Waals surface area contributed by atoms with Crippen molar-refractivity contribution in [1.82, 2.24) is 0 Å². The van der Waals surface area contributed by atoms with Crippen LogP contribution in [0.2, 0.25) is 0 Å². The molecule has 0 rings (SSSR count). The molecule has 0 amide bonds. The van der Waals surface area contributed by atoms with E-state index in [9.17, 15) is 14.4 Å². The first-order valence-electron chi connectivity index (χ1n) is 34.6. The van der Waals surface area contributed by atoms with E-state index in [1.54, 1.807) is 0 Å². The van der Waals surface area contributed by atoms with Crippen molar-refractivity contribution in [2.45, 2.75) is 354 Å². The molecule has 80 heavy (non-hydrogen) atoms. The van der Waals surface area contributed by atoms with Crippen LogP contribution in [0.5, 0.6) is 0 Å². The number of ether oxygens (including phenoxy) is 3. The first-order valence-corrected chi connectivity index (χ1v) is 34.6. The Balaban J connectivity index is 4.21. The number of allylic oxidation sites excluding steroid dienone is 14. The van der Waals surface area contributed by atoms with Gasteiger partial charge in [-0.1, -0.05) is 318 Å². The topological polar surface area (TPSA) is 78.9 Å². The van der Waals surface area contributed by atoms with Crippen molar-refractivity contribution in [2.75, 3.05) is 13.2 Å². The van der Waals surface area contributed by atoms with Gasteiger partial charge >= 0.3 is 17.9 Å². The lowest BCUT2D eigenvalue weighted by Crippen LogP contribution is -2.30. The summed E-state index contributed by atoms with van der Waals surface area (Å²) in [5.41, 5.74) is 0. The smallest absolute Gasteiger partial charge is 0.306 e. The van der Waals surface area contributed by atoms with Crippen LogP contribution in [0.1, 0.15) is 348 Å². The van der Waals surface area contributed by atoms with E-state index in [4.69, 9.17) is 14.2 Å². The largest absolute Gasteiger partial charge is 0.462 e. The Kier molecular flexibility index (Phi) is 65.2. The zero-order chi connectivity index (χ0) is 57.8. The highest BCUT2D eigenvalue weighted by molar-refractivity contribution is 5.71. The average Bonchev–Trinajstić information content (AvgIpc) is 3.46. The van der Waals surface area contributed by atoms with Crippen molar-refractivity contribution >= 4 is 17.9 Å². The van der Waals surface area contributed by atoms with Gasteiger partial charge in [0.1, 0.15) is 13.2 Å². The SMILES string of the molecule is CC/C=C\C/C=C\C/C=C\C/C=C\C/C=C\CCCCCCCCCCCCCCCCCC(=O)OCC(COC(=O)CCCCCCCCCCCCCCC)OC(=O)CCCCCCCCC/C=C\C/C=C\CCCCCC. The molecule has 0 aliphatic carbocycles. The Morgan fingerprint density at radius 3 is 0.775 bits per heavy atom. The zero-order valence-corrected chi connectivity index (χ0v) is 53.1. The third-order valence-corrected chi connectivity index (χ3v) is 15.1. The predicted molar refractivity (Wildman–Crippen MR) is 348 cm³/mol. The van der Waals surface area contributed by atoms with Gasteiger partial charge in [0.15, 0.2) is 6.10 Å². The molecule has 6 heteroatoms. The van der Waals surface area contributed by atoms with E-state index < -0.39 is 6.10 Å². The molecular formula is C74H130O6. The van der Waals surface area contributed by atoms with Gasteiger partial charge in [-0.25, -0.2) is 0 Å². The molecule has 0 aliphatic heterocycles. The second-order valence-corrected chi connectivity index (χ2v) is 23.1. The molecule has 0 radical (unpaired) electrons. The fraction of sp³-hybridized carbons (Fsp3) is 0.770. The maximum absolute atomic E-state index is 12.9. The molecule has 1 unspecified atom stereocenters. The normalized spacial score (nSPS) is 12.6. The summed E-state index contributed by atoms with van der Waals surface area (Å²) in [6.45, 7) is 6.55. The van der Waals surface area contributed by atoms with Gasteiger partial charge in [0.2, 0.25) is 0 Å². The van der Waals surface area contributed by atoms with Crippen molar-refractivity contribution in [3.8, 4) is 0 Å². The maximum Gasteiger partial charge on any atom is 0.306 e.